The van der Waals surface area contributed by atoms with Gasteiger partial charge in [0.15, 0.2) is 15.6 Å². The number of rotatable bonds is 8. The maximum Gasteiger partial charge on any atom is 0.244 e. The molecule has 182 valence electrons. The van der Waals surface area contributed by atoms with Crippen LogP contribution in [0.15, 0.2) is 71.5 Å². The lowest BCUT2D eigenvalue weighted by atomic mass is 9.89. The van der Waals surface area contributed by atoms with Crippen molar-refractivity contribution in [2.75, 3.05) is 23.7 Å². The molecule has 0 aliphatic carbocycles. The standard InChI is InChI=1S/C25H30N2O6S/c1-25(2)32-16-23(33-25)22(27(29)18-28)17-34(30,31)24-11-7-6-10-21(24)26-14-12-20(13-15-26)19-8-4-3-5-9-19/h3-11,16,18,20,22,29H,12-15,17H2,1-2H3. The topological polar surface area (TPSA) is 96.4 Å². The third-order valence-corrected chi connectivity index (χ3v) is 8.03. The Kier molecular flexibility index (Phi) is 6.86. The molecule has 4 rings (SSSR count). The van der Waals surface area contributed by atoms with E-state index in [9.17, 15) is 18.4 Å². The second-order valence-corrected chi connectivity index (χ2v) is 11.1. The van der Waals surface area contributed by atoms with Crippen molar-refractivity contribution in [3.8, 4) is 0 Å². The molecule has 2 aliphatic heterocycles. The van der Waals surface area contributed by atoms with Gasteiger partial charge < -0.3 is 14.4 Å². The van der Waals surface area contributed by atoms with Crippen molar-refractivity contribution < 1.29 is 27.9 Å². The highest BCUT2D eigenvalue weighted by Crippen LogP contribution is 2.35. The van der Waals surface area contributed by atoms with Crippen LogP contribution in [0, 0.1) is 0 Å². The van der Waals surface area contributed by atoms with Crippen molar-refractivity contribution >= 4 is 21.9 Å². The summed E-state index contributed by atoms with van der Waals surface area (Å²) in [6.07, 6.45) is 3.25. The van der Waals surface area contributed by atoms with Crippen LogP contribution in [0.5, 0.6) is 0 Å². The number of ether oxygens (including phenoxy) is 2. The number of sulfone groups is 1. The Morgan fingerprint density at radius 2 is 1.76 bits per heavy atom. The van der Waals surface area contributed by atoms with Crippen molar-refractivity contribution in [3.63, 3.8) is 0 Å². The van der Waals surface area contributed by atoms with E-state index in [1.165, 1.54) is 11.8 Å². The number of hydrogen-bond acceptors (Lipinski definition) is 7. The van der Waals surface area contributed by atoms with E-state index >= 15 is 0 Å². The quantitative estimate of drug-likeness (QED) is 0.345. The first kappa shape index (κ1) is 24.1. The maximum absolute atomic E-state index is 13.5. The first-order chi connectivity index (χ1) is 16.2. The molecule has 0 spiro atoms. The lowest BCUT2D eigenvalue weighted by Gasteiger charge is -2.35. The number of anilines is 1. The maximum atomic E-state index is 13.5. The fraction of sp³-hybridized carbons (Fsp3) is 0.400. The van der Waals surface area contributed by atoms with Crippen LogP contribution in [0.2, 0.25) is 0 Å². The molecule has 2 heterocycles. The van der Waals surface area contributed by atoms with Gasteiger partial charge in [-0.1, -0.05) is 42.5 Å². The fourth-order valence-electron chi connectivity index (χ4n) is 4.50. The van der Waals surface area contributed by atoms with E-state index in [0.717, 1.165) is 25.9 Å². The number of piperidine rings is 1. The molecule has 1 atom stereocenters. The molecule has 9 heteroatoms. The highest BCUT2D eigenvalue weighted by Gasteiger charge is 2.38. The Morgan fingerprint density at radius 1 is 1.12 bits per heavy atom. The number of carbonyl (C=O) groups excluding carboxylic acids is 1. The second kappa shape index (κ2) is 9.68. The summed E-state index contributed by atoms with van der Waals surface area (Å²) in [5, 5.41) is 10.4. The summed E-state index contributed by atoms with van der Waals surface area (Å²) >= 11 is 0. The Hall–Kier alpha value is -3.04. The van der Waals surface area contributed by atoms with Gasteiger partial charge in [-0.25, -0.2) is 13.5 Å². The lowest BCUT2D eigenvalue weighted by Crippen LogP contribution is -2.40. The van der Waals surface area contributed by atoms with Gasteiger partial charge in [-0.05, 0) is 36.5 Å². The number of carbonyl (C=O) groups is 1. The van der Waals surface area contributed by atoms with Crippen LogP contribution in [0.25, 0.3) is 0 Å². The third kappa shape index (κ3) is 5.20. The highest BCUT2D eigenvalue weighted by atomic mass is 32.2. The summed E-state index contributed by atoms with van der Waals surface area (Å²) in [6, 6.07) is 16.0. The smallest absolute Gasteiger partial charge is 0.244 e. The highest BCUT2D eigenvalue weighted by molar-refractivity contribution is 7.91. The monoisotopic (exact) mass is 486 g/mol. The molecule has 1 fully saturated rings. The zero-order valence-electron chi connectivity index (χ0n) is 19.3. The molecule has 2 aliphatic rings. The molecular weight excluding hydrogens is 456 g/mol. The zero-order valence-corrected chi connectivity index (χ0v) is 20.1. The molecule has 0 aromatic heterocycles. The van der Waals surface area contributed by atoms with E-state index in [4.69, 9.17) is 9.47 Å². The number of hydroxylamine groups is 2. The largest absolute Gasteiger partial charge is 0.457 e. The minimum atomic E-state index is -3.91. The first-order valence-electron chi connectivity index (χ1n) is 11.3. The van der Waals surface area contributed by atoms with Crippen LogP contribution in [0.3, 0.4) is 0 Å². The Balaban J connectivity index is 1.54. The van der Waals surface area contributed by atoms with E-state index < -0.39 is 27.4 Å². The Bertz CT molecular complexity index is 1140. The average molecular weight is 487 g/mol. The summed E-state index contributed by atoms with van der Waals surface area (Å²) < 4.78 is 38.0. The van der Waals surface area contributed by atoms with Crippen LogP contribution >= 0.6 is 0 Å². The molecule has 34 heavy (non-hydrogen) atoms. The van der Waals surface area contributed by atoms with Crippen molar-refractivity contribution in [3.05, 3.63) is 72.2 Å². The number of amides is 1. The van der Waals surface area contributed by atoms with E-state index in [1.807, 2.05) is 24.3 Å². The van der Waals surface area contributed by atoms with E-state index in [1.54, 1.807) is 32.0 Å². The number of para-hydroxylation sites is 1. The summed E-state index contributed by atoms with van der Waals surface area (Å²) in [5.74, 6) is -1.05. The number of hydrogen-bond donors (Lipinski definition) is 1. The van der Waals surface area contributed by atoms with Gasteiger partial charge in [0.25, 0.3) is 0 Å². The molecule has 1 unspecified atom stereocenters. The molecule has 1 saturated heterocycles. The summed E-state index contributed by atoms with van der Waals surface area (Å²) in [7, 11) is -3.91. The van der Waals surface area contributed by atoms with Gasteiger partial charge in [0, 0.05) is 26.9 Å². The molecule has 0 radical (unpaired) electrons. The molecule has 1 N–H and O–H groups in total. The van der Waals surface area contributed by atoms with Gasteiger partial charge in [0.05, 0.1) is 16.3 Å². The van der Waals surface area contributed by atoms with Crippen LogP contribution < -0.4 is 4.90 Å². The predicted molar refractivity (Wildman–Crippen MR) is 127 cm³/mol. The minimum absolute atomic E-state index is 0.0735. The van der Waals surface area contributed by atoms with Crippen LogP contribution in [-0.4, -0.2) is 55.8 Å². The minimum Gasteiger partial charge on any atom is -0.457 e. The van der Waals surface area contributed by atoms with Crippen LogP contribution in [-0.2, 0) is 24.1 Å². The van der Waals surface area contributed by atoms with Crippen molar-refractivity contribution in [1.29, 1.82) is 0 Å². The Morgan fingerprint density at radius 3 is 2.38 bits per heavy atom. The van der Waals surface area contributed by atoms with Crippen LogP contribution in [0.4, 0.5) is 5.69 Å². The first-order valence-corrected chi connectivity index (χ1v) is 13.0. The SMILES string of the molecule is CC1(C)OC=C(C(CS(=O)(=O)c2ccccc2N2CCC(c3ccccc3)CC2)N(O)C=O)O1. The van der Waals surface area contributed by atoms with Gasteiger partial charge in [-0.2, -0.15) is 0 Å². The van der Waals surface area contributed by atoms with Gasteiger partial charge in [0.2, 0.25) is 12.2 Å². The molecule has 1 amide bonds. The van der Waals surface area contributed by atoms with Crippen molar-refractivity contribution in [2.24, 2.45) is 0 Å². The van der Waals surface area contributed by atoms with Crippen molar-refractivity contribution in [2.45, 2.75) is 49.3 Å². The predicted octanol–water partition coefficient (Wildman–Crippen LogP) is 3.68. The molecule has 0 saturated carbocycles. The van der Waals surface area contributed by atoms with Crippen LogP contribution in [0.1, 0.15) is 38.2 Å². The van der Waals surface area contributed by atoms with Gasteiger partial charge in [-0.3, -0.25) is 10.0 Å². The average Bonchev–Trinajstić information content (AvgIpc) is 3.22. The normalized spacial score (nSPS) is 19.0. The lowest BCUT2D eigenvalue weighted by molar-refractivity contribution is -0.165. The number of benzene rings is 2. The summed E-state index contributed by atoms with van der Waals surface area (Å²) in [4.78, 5) is 13.6. The third-order valence-electron chi connectivity index (χ3n) is 6.26. The molecule has 2 aromatic rings. The molecule has 0 bridgehead atoms. The van der Waals surface area contributed by atoms with E-state index in [-0.39, 0.29) is 17.1 Å². The molecular formula is C25H30N2O6S. The molecule has 2 aromatic carbocycles. The Labute approximate surface area is 200 Å². The van der Waals surface area contributed by atoms with E-state index in [2.05, 4.69) is 17.0 Å². The van der Waals surface area contributed by atoms with Crippen molar-refractivity contribution in [1.82, 2.24) is 5.06 Å². The zero-order chi connectivity index (χ0) is 24.3. The van der Waals surface area contributed by atoms with Gasteiger partial charge >= 0.3 is 0 Å². The molecule has 8 nitrogen and oxygen atoms in total. The fourth-order valence-corrected chi connectivity index (χ4v) is 6.21. The second-order valence-electron chi connectivity index (χ2n) is 9.06. The van der Waals surface area contributed by atoms with Gasteiger partial charge in [-0.15, -0.1) is 0 Å². The summed E-state index contributed by atoms with van der Waals surface area (Å²) in [5.41, 5.74) is 1.93. The van der Waals surface area contributed by atoms with E-state index in [0.29, 0.717) is 16.7 Å². The van der Waals surface area contributed by atoms with Gasteiger partial charge in [0.1, 0.15) is 12.3 Å². The summed E-state index contributed by atoms with van der Waals surface area (Å²) in [6.45, 7) is 4.76. The number of nitrogens with zero attached hydrogens (tertiary/aromatic N) is 2.